The number of hydrogen-bond acceptors (Lipinski definition) is 3. The predicted octanol–water partition coefficient (Wildman–Crippen LogP) is 4.38. The Labute approximate surface area is 157 Å². The minimum atomic E-state index is 0. The van der Waals surface area contributed by atoms with E-state index in [0.29, 0.717) is 11.8 Å². The van der Waals surface area contributed by atoms with Crippen molar-refractivity contribution in [3.8, 4) is 5.75 Å². The lowest BCUT2D eigenvalue weighted by atomic mass is 9.79. The molecule has 1 atom stereocenters. The molecule has 5 heteroatoms. The summed E-state index contributed by atoms with van der Waals surface area (Å²) in [6.45, 7) is 11.1. The summed E-state index contributed by atoms with van der Waals surface area (Å²) >= 11 is 0. The second-order valence-corrected chi connectivity index (χ2v) is 7.27. The Bertz CT molecular complexity index is 664. The molecule has 1 aliphatic rings. The third-order valence-electron chi connectivity index (χ3n) is 4.57. The molecule has 2 N–H and O–H groups in total. The van der Waals surface area contributed by atoms with E-state index in [1.807, 2.05) is 18.2 Å². The van der Waals surface area contributed by atoms with Crippen LogP contribution in [0, 0.1) is 5.41 Å². The zero-order valence-corrected chi connectivity index (χ0v) is 16.2. The number of phenolic OH excluding ortho intramolecular Hbond substituents is 1. The standard InChI is InChI=1S/C19H26N2O.2ClH/c1-19(2,3)18(21-12-10-20-11-13-21)16-8-9-17(22)15-7-5-4-6-14(15)16;;/h4-9,18,20,22H,10-13H2,1-3H3;2*1H/t18-;;/m1../s1. The topological polar surface area (TPSA) is 35.5 Å². The molecule has 0 amide bonds. The van der Waals surface area contributed by atoms with E-state index in [4.69, 9.17) is 0 Å². The fourth-order valence-electron chi connectivity index (χ4n) is 3.70. The maximum atomic E-state index is 10.2. The third kappa shape index (κ3) is 4.15. The highest BCUT2D eigenvalue weighted by Crippen LogP contribution is 2.42. The number of fused-ring (bicyclic) bond motifs is 1. The molecule has 3 rings (SSSR count). The van der Waals surface area contributed by atoms with Crippen LogP contribution in [0.25, 0.3) is 10.8 Å². The lowest BCUT2D eigenvalue weighted by Gasteiger charge is -2.43. The Balaban J connectivity index is 0.00000144. The second kappa shape index (κ2) is 8.39. The van der Waals surface area contributed by atoms with E-state index in [2.05, 4.69) is 49.2 Å². The van der Waals surface area contributed by atoms with Gasteiger partial charge in [0.25, 0.3) is 0 Å². The van der Waals surface area contributed by atoms with Crippen LogP contribution < -0.4 is 5.32 Å². The molecule has 0 bridgehead atoms. The first-order valence-electron chi connectivity index (χ1n) is 8.14. The van der Waals surface area contributed by atoms with Gasteiger partial charge in [-0.05, 0) is 22.4 Å². The molecular formula is C19H28Cl2N2O. The van der Waals surface area contributed by atoms with Crippen LogP contribution in [0.1, 0.15) is 32.4 Å². The molecule has 2 aromatic rings. The number of rotatable bonds is 2. The summed E-state index contributed by atoms with van der Waals surface area (Å²) in [5.74, 6) is 0.368. The Kier molecular flexibility index (Phi) is 7.36. The molecule has 0 radical (unpaired) electrons. The molecule has 0 unspecified atom stereocenters. The smallest absolute Gasteiger partial charge is 0.123 e. The molecule has 0 spiro atoms. The first-order valence-corrected chi connectivity index (χ1v) is 8.14. The molecular weight excluding hydrogens is 343 g/mol. The molecule has 1 aliphatic heterocycles. The molecule has 1 fully saturated rings. The average Bonchev–Trinajstić information content (AvgIpc) is 2.50. The van der Waals surface area contributed by atoms with Gasteiger partial charge in [-0.15, -0.1) is 24.8 Å². The zero-order chi connectivity index (χ0) is 15.7. The summed E-state index contributed by atoms with van der Waals surface area (Å²) in [5, 5.41) is 15.7. The highest BCUT2D eigenvalue weighted by Gasteiger charge is 2.33. The maximum Gasteiger partial charge on any atom is 0.123 e. The van der Waals surface area contributed by atoms with Crippen molar-refractivity contribution in [1.82, 2.24) is 10.2 Å². The van der Waals surface area contributed by atoms with E-state index >= 15 is 0 Å². The van der Waals surface area contributed by atoms with Gasteiger partial charge in [0.05, 0.1) is 0 Å². The molecule has 2 aromatic carbocycles. The van der Waals surface area contributed by atoms with Gasteiger partial charge in [0.2, 0.25) is 0 Å². The van der Waals surface area contributed by atoms with Crippen LogP contribution in [0.2, 0.25) is 0 Å². The van der Waals surface area contributed by atoms with Crippen molar-refractivity contribution in [2.45, 2.75) is 26.8 Å². The van der Waals surface area contributed by atoms with E-state index in [9.17, 15) is 5.11 Å². The summed E-state index contributed by atoms with van der Waals surface area (Å²) in [7, 11) is 0. The van der Waals surface area contributed by atoms with E-state index < -0.39 is 0 Å². The number of nitrogens with zero attached hydrogens (tertiary/aromatic N) is 1. The monoisotopic (exact) mass is 370 g/mol. The van der Waals surface area contributed by atoms with E-state index in [1.54, 1.807) is 0 Å². The maximum absolute atomic E-state index is 10.2. The Morgan fingerprint density at radius 3 is 2.12 bits per heavy atom. The van der Waals surface area contributed by atoms with Crippen molar-refractivity contribution in [2.24, 2.45) is 5.41 Å². The van der Waals surface area contributed by atoms with Crippen molar-refractivity contribution in [3.05, 3.63) is 42.0 Å². The normalized spacial score (nSPS) is 17.0. The number of halogens is 2. The molecule has 0 saturated carbocycles. The molecule has 0 aromatic heterocycles. The molecule has 0 aliphatic carbocycles. The minimum Gasteiger partial charge on any atom is -0.507 e. The summed E-state index contributed by atoms with van der Waals surface area (Å²) < 4.78 is 0. The van der Waals surface area contributed by atoms with Crippen LogP contribution in [0.15, 0.2) is 36.4 Å². The van der Waals surface area contributed by atoms with Gasteiger partial charge in [0.15, 0.2) is 0 Å². The van der Waals surface area contributed by atoms with Gasteiger partial charge < -0.3 is 10.4 Å². The lowest BCUT2D eigenvalue weighted by Crippen LogP contribution is -2.48. The SMILES string of the molecule is CC(C)(C)[C@@H](c1ccc(O)c2ccccc12)N1CCNCC1.Cl.Cl. The van der Waals surface area contributed by atoms with Gasteiger partial charge >= 0.3 is 0 Å². The van der Waals surface area contributed by atoms with E-state index in [1.165, 1.54) is 10.9 Å². The first-order chi connectivity index (χ1) is 10.5. The summed E-state index contributed by atoms with van der Waals surface area (Å²) in [6.07, 6.45) is 0. The van der Waals surface area contributed by atoms with Crippen LogP contribution in [0.5, 0.6) is 5.75 Å². The summed E-state index contributed by atoms with van der Waals surface area (Å²) in [6, 6.07) is 12.5. The largest absolute Gasteiger partial charge is 0.507 e. The van der Waals surface area contributed by atoms with Crippen LogP contribution in [-0.2, 0) is 0 Å². The van der Waals surface area contributed by atoms with Crippen LogP contribution in [0.3, 0.4) is 0 Å². The Morgan fingerprint density at radius 2 is 1.54 bits per heavy atom. The summed E-state index contributed by atoms with van der Waals surface area (Å²) in [5.41, 5.74) is 1.46. The molecule has 1 heterocycles. The van der Waals surface area contributed by atoms with Gasteiger partial charge in [0.1, 0.15) is 5.75 Å². The van der Waals surface area contributed by atoms with E-state index in [-0.39, 0.29) is 30.2 Å². The Morgan fingerprint density at radius 1 is 0.958 bits per heavy atom. The quantitative estimate of drug-likeness (QED) is 0.822. The van der Waals surface area contributed by atoms with E-state index in [0.717, 1.165) is 31.6 Å². The van der Waals surface area contributed by atoms with Crippen molar-refractivity contribution < 1.29 is 5.11 Å². The number of nitrogens with one attached hydrogen (secondary N) is 1. The lowest BCUT2D eigenvalue weighted by molar-refractivity contribution is 0.0872. The number of piperazine rings is 1. The van der Waals surface area contributed by atoms with Crippen molar-refractivity contribution in [2.75, 3.05) is 26.2 Å². The highest BCUT2D eigenvalue weighted by atomic mass is 35.5. The number of benzene rings is 2. The minimum absolute atomic E-state index is 0. The van der Waals surface area contributed by atoms with Crippen LogP contribution in [-0.4, -0.2) is 36.2 Å². The number of aromatic hydroxyl groups is 1. The third-order valence-corrected chi connectivity index (χ3v) is 4.57. The second-order valence-electron chi connectivity index (χ2n) is 7.27. The zero-order valence-electron chi connectivity index (χ0n) is 14.6. The fourth-order valence-corrected chi connectivity index (χ4v) is 3.70. The van der Waals surface area contributed by atoms with Crippen LogP contribution >= 0.6 is 24.8 Å². The molecule has 1 saturated heterocycles. The van der Waals surface area contributed by atoms with Crippen molar-refractivity contribution >= 4 is 35.6 Å². The molecule has 3 nitrogen and oxygen atoms in total. The predicted molar refractivity (Wildman–Crippen MR) is 107 cm³/mol. The average molecular weight is 371 g/mol. The highest BCUT2D eigenvalue weighted by molar-refractivity contribution is 5.91. The molecule has 134 valence electrons. The van der Waals surface area contributed by atoms with Gasteiger partial charge in [-0.1, -0.05) is 51.1 Å². The van der Waals surface area contributed by atoms with Gasteiger partial charge in [-0.3, -0.25) is 4.90 Å². The number of phenols is 1. The van der Waals surface area contributed by atoms with Gasteiger partial charge in [-0.2, -0.15) is 0 Å². The number of hydrogen-bond donors (Lipinski definition) is 2. The first kappa shape index (κ1) is 21.0. The van der Waals surface area contributed by atoms with Crippen molar-refractivity contribution in [3.63, 3.8) is 0 Å². The van der Waals surface area contributed by atoms with Crippen molar-refractivity contribution in [1.29, 1.82) is 0 Å². The van der Waals surface area contributed by atoms with Gasteiger partial charge in [-0.25, -0.2) is 0 Å². The summed E-state index contributed by atoms with van der Waals surface area (Å²) in [4.78, 5) is 2.58. The Hall–Kier alpha value is -1.000. The van der Waals surface area contributed by atoms with Gasteiger partial charge in [0, 0.05) is 37.6 Å². The van der Waals surface area contributed by atoms with Crippen LogP contribution in [0.4, 0.5) is 0 Å². The fraction of sp³-hybridized carbons (Fsp3) is 0.474. The molecule has 24 heavy (non-hydrogen) atoms.